The molecule has 0 saturated carbocycles. The van der Waals surface area contributed by atoms with Gasteiger partial charge in [0.1, 0.15) is 17.9 Å². The van der Waals surface area contributed by atoms with Crippen molar-refractivity contribution in [1.82, 2.24) is 14.5 Å². The molecule has 7 heteroatoms. The van der Waals surface area contributed by atoms with Crippen LogP contribution in [0.15, 0.2) is 42.5 Å². The maximum absolute atomic E-state index is 11.5. The number of carbonyl (C=O) groups is 1. The van der Waals surface area contributed by atoms with Gasteiger partial charge < -0.3 is 19.9 Å². The molecular formula is C29H36N5O2+. The minimum atomic E-state index is -0.977. The van der Waals surface area contributed by atoms with Gasteiger partial charge in [-0.3, -0.25) is 0 Å². The number of unbranched alkanes of at least 4 members (excludes halogenated alkanes) is 1. The van der Waals surface area contributed by atoms with E-state index in [1.165, 1.54) is 43.5 Å². The van der Waals surface area contributed by atoms with Gasteiger partial charge >= 0.3 is 5.97 Å². The highest BCUT2D eigenvalue weighted by Crippen LogP contribution is 2.31. The Labute approximate surface area is 212 Å². The summed E-state index contributed by atoms with van der Waals surface area (Å²) in [7, 11) is 2.38. The number of nitrogens with two attached hydrogens (primary N) is 1. The van der Waals surface area contributed by atoms with E-state index in [1.54, 1.807) is 12.1 Å². The Morgan fingerprint density at radius 2 is 1.78 bits per heavy atom. The summed E-state index contributed by atoms with van der Waals surface area (Å²) in [5.41, 5.74) is 11.3. The lowest BCUT2D eigenvalue weighted by Gasteiger charge is -2.37. The fraction of sp³-hybridized carbons (Fsp3) is 0.414. The first-order chi connectivity index (χ1) is 17.4. The molecule has 5 rings (SSSR count). The molecule has 188 valence electrons. The smallest absolute Gasteiger partial charge is 0.335 e. The van der Waals surface area contributed by atoms with Crippen molar-refractivity contribution in [3.63, 3.8) is 0 Å². The normalized spacial score (nSPS) is 15.5. The maximum Gasteiger partial charge on any atom is 0.335 e. The van der Waals surface area contributed by atoms with Crippen LogP contribution in [0.1, 0.15) is 66.3 Å². The van der Waals surface area contributed by atoms with E-state index in [0.29, 0.717) is 23.4 Å². The summed E-state index contributed by atoms with van der Waals surface area (Å²) in [4.78, 5) is 20.9. The fourth-order valence-electron chi connectivity index (χ4n) is 5.59. The van der Waals surface area contributed by atoms with Crippen molar-refractivity contribution in [3.05, 3.63) is 65.0 Å². The SMILES string of the molecule is CCCCc1nc2c(N)nc3cc(C(=O)O)ccc3c2n1Cc1ccc(C[N+]2(C)CCCCC2)cc1. The molecule has 0 unspecified atom stereocenters. The number of nitrogens with zero attached hydrogens (tertiary/aromatic N) is 4. The number of pyridine rings is 1. The van der Waals surface area contributed by atoms with E-state index in [4.69, 9.17) is 10.7 Å². The number of hydrogen-bond acceptors (Lipinski definition) is 4. The van der Waals surface area contributed by atoms with E-state index in [2.05, 4.69) is 47.8 Å². The van der Waals surface area contributed by atoms with Crippen LogP contribution in [-0.4, -0.2) is 50.2 Å². The fourth-order valence-corrected chi connectivity index (χ4v) is 5.59. The summed E-state index contributed by atoms with van der Waals surface area (Å²) in [5.74, 6) is 0.353. The van der Waals surface area contributed by atoms with E-state index >= 15 is 0 Å². The van der Waals surface area contributed by atoms with Gasteiger partial charge in [-0.15, -0.1) is 0 Å². The van der Waals surface area contributed by atoms with Crippen LogP contribution < -0.4 is 5.73 Å². The highest BCUT2D eigenvalue weighted by Gasteiger charge is 2.25. The zero-order chi connectivity index (χ0) is 25.3. The number of carboxylic acids is 1. The number of quaternary nitrogens is 1. The second-order valence-corrected chi connectivity index (χ2v) is 10.6. The van der Waals surface area contributed by atoms with Crippen LogP contribution in [0, 0.1) is 0 Å². The van der Waals surface area contributed by atoms with Gasteiger partial charge in [0.25, 0.3) is 0 Å². The van der Waals surface area contributed by atoms with Crippen LogP contribution in [0.3, 0.4) is 0 Å². The predicted octanol–water partition coefficient (Wildman–Crippen LogP) is 5.39. The lowest BCUT2D eigenvalue weighted by atomic mass is 10.1. The van der Waals surface area contributed by atoms with Crippen LogP contribution in [0.25, 0.3) is 21.9 Å². The number of benzene rings is 2. The molecule has 7 nitrogen and oxygen atoms in total. The van der Waals surface area contributed by atoms with Crippen molar-refractivity contribution in [2.24, 2.45) is 0 Å². The van der Waals surface area contributed by atoms with E-state index in [9.17, 15) is 9.90 Å². The molecule has 0 spiro atoms. The molecule has 2 aromatic carbocycles. The Kier molecular flexibility index (Phi) is 6.67. The van der Waals surface area contributed by atoms with Crippen molar-refractivity contribution >= 4 is 33.7 Å². The lowest BCUT2D eigenvalue weighted by molar-refractivity contribution is -0.926. The van der Waals surface area contributed by atoms with Crippen molar-refractivity contribution in [2.75, 3.05) is 25.9 Å². The lowest BCUT2D eigenvalue weighted by Crippen LogP contribution is -2.46. The second-order valence-electron chi connectivity index (χ2n) is 10.6. The minimum absolute atomic E-state index is 0.201. The topological polar surface area (TPSA) is 94.0 Å². The van der Waals surface area contributed by atoms with E-state index in [-0.39, 0.29) is 5.56 Å². The van der Waals surface area contributed by atoms with Crippen LogP contribution in [-0.2, 0) is 19.5 Å². The third kappa shape index (κ3) is 4.80. The Balaban J connectivity index is 1.53. The molecule has 0 amide bonds. The number of hydrogen-bond donors (Lipinski definition) is 2. The van der Waals surface area contributed by atoms with Gasteiger partial charge in [0.15, 0.2) is 5.82 Å². The van der Waals surface area contributed by atoms with E-state index in [0.717, 1.165) is 47.0 Å². The van der Waals surface area contributed by atoms with Crippen LogP contribution in [0.5, 0.6) is 0 Å². The summed E-state index contributed by atoms with van der Waals surface area (Å²) < 4.78 is 3.38. The van der Waals surface area contributed by atoms with Crippen molar-refractivity contribution in [2.45, 2.75) is 58.5 Å². The number of anilines is 1. The summed E-state index contributed by atoms with van der Waals surface area (Å²) in [6.07, 6.45) is 6.97. The quantitative estimate of drug-likeness (QED) is 0.326. The number of aromatic carboxylic acids is 1. The number of aryl methyl sites for hydroxylation is 1. The van der Waals surface area contributed by atoms with Gasteiger partial charge in [-0.05, 0) is 49.4 Å². The van der Waals surface area contributed by atoms with Gasteiger partial charge in [0.2, 0.25) is 0 Å². The Hall–Kier alpha value is -3.45. The highest BCUT2D eigenvalue weighted by atomic mass is 16.4. The number of aromatic nitrogens is 3. The molecule has 4 aromatic rings. The van der Waals surface area contributed by atoms with Crippen LogP contribution in [0.2, 0.25) is 0 Å². The first-order valence-corrected chi connectivity index (χ1v) is 13.1. The number of imidazole rings is 1. The molecular weight excluding hydrogens is 450 g/mol. The molecule has 3 N–H and O–H groups in total. The molecule has 0 aliphatic carbocycles. The zero-order valence-corrected chi connectivity index (χ0v) is 21.3. The number of piperidine rings is 1. The minimum Gasteiger partial charge on any atom is -0.478 e. The Morgan fingerprint density at radius 1 is 1.06 bits per heavy atom. The van der Waals surface area contributed by atoms with Crippen LogP contribution >= 0.6 is 0 Å². The molecule has 2 aromatic heterocycles. The molecule has 1 saturated heterocycles. The molecule has 36 heavy (non-hydrogen) atoms. The van der Waals surface area contributed by atoms with E-state index < -0.39 is 5.97 Å². The zero-order valence-electron chi connectivity index (χ0n) is 21.3. The molecule has 0 atom stereocenters. The summed E-state index contributed by atoms with van der Waals surface area (Å²) in [5, 5.41) is 10.3. The number of rotatable bonds is 8. The van der Waals surface area contributed by atoms with Gasteiger partial charge in [0.05, 0.1) is 36.7 Å². The number of fused-ring (bicyclic) bond motifs is 3. The van der Waals surface area contributed by atoms with E-state index in [1.807, 2.05) is 6.07 Å². The van der Waals surface area contributed by atoms with Crippen LogP contribution in [0.4, 0.5) is 5.82 Å². The largest absolute Gasteiger partial charge is 0.478 e. The van der Waals surface area contributed by atoms with Crippen molar-refractivity contribution < 1.29 is 14.4 Å². The highest BCUT2D eigenvalue weighted by molar-refractivity contribution is 6.08. The van der Waals surface area contributed by atoms with Crippen molar-refractivity contribution in [3.8, 4) is 0 Å². The first kappa shape index (κ1) is 24.3. The predicted molar refractivity (Wildman–Crippen MR) is 144 cm³/mol. The Bertz CT molecular complexity index is 1400. The molecule has 0 bridgehead atoms. The maximum atomic E-state index is 11.5. The van der Waals surface area contributed by atoms with Crippen molar-refractivity contribution in [1.29, 1.82) is 0 Å². The molecule has 3 heterocycles. The molecule has 1 aliphatic heterocycles. The summed E-state index contributed by atoms with van der Waals surface area (Å²) in [6.45, 7) is 6.46. The number of nitrogen functional groups attached to an aromatic ring is 1. The van der Waals surface area contributed by atoms with Gasteiger partial charge in [0, 0.05) is 23.9 Å². The second kappa shape index (κ2) is 9.90. The molecule has 0 radical (unpaired) electrons. The summed E-state index contributed by atoms with van der Waals surface area (Å²) >= 11 is 0. The molecule has 1 fully saturated rings. The van der Waals surface area contributed by atoms with Gasteiger partial charge in [-0.25, -0.2) is 14.8 Å². The molecule has 1 aliphatic rings. The standard InChI is InChI=1S/C29H35N5O2/c1-3-4-8-25-32-26-27(23-14-13-22(29(35)36)17-24(23)31-28(26)30)33(25)18-20-9-11-21(12-10-20)19-34(2)15-6-5-7-16-34/h9-14,17H,3-8,15-16,18-19H2,1-2H3,(H2-,30,31,35,36)/p+1. The monoisotopic (exact) mass is 486 g/mol. The first-order valence-electron chi connectivity index (χ1n) is 13.1. The summed E-state index contributed by atoms with van der Waals surface area (Å²) in [6, 6.07) is 14.1. The average molecular weight is 487 g/mol. The van der Waals surface area contributed by atoms with Gasteiger partial charge in [-0.2, -0.15) is 0 Å². The van der Waals surface area contributed by atoms with Gasteiger partial charge in [-0.1, -0.05) is 37.6 Å². The Morgan fingerprint density at radius 3 is 2.47 bits per heavy atom. The number of likely N-dealkylation sites (tertiary alicyclic amines) is 1. The average Bonchev–Trinajstić information content (AvgIpc) is 3.22. The number of carboxylic acid groups (broad SMARTS) is 1. The third-order valence-corrected chi connectivity index (χ3v) is 7.61. The third-order valence-electron chi connectivity index (χ3n) is 7.61.